The van der Waals surface area contributed by atoms with Crippen LogP contribution in [0.1, 0.15) is 29.8 Å². The lowest BCUT2D eigenvalue weighted by Gasteiger charge is -2.33. The van der Waals surface area contributed by atoms with Crippen LogP contribution in [0.2, 0.25) is 0 Å². The van der Waals surface area contributed by atoms with Crippen LogP contribution in [0, 0.1) is 0 Å². The highest BCUT2D eigenvalue weighted by molar-refractivity contribution is 5.92. The molecule has 2 saturated heterocycles. The number of nitrogens with zero attached hydrogens (tertiary/aromatic N) is 4. The van der Waals surface area contributed by atoms with Crippen molar-refractivity contribution in [2.24, 2.45) is 0 Å². The Labute approximate surface area is 126 Å². The number of aromatic nitrogens is 1. The number of piperidine rings is 1. The summed E-state index contributed by atoms with van der Waals surface area (Å²) in [6.45, 7) is 5.96. The van der Waals surface area contributed by atoms with Gasteiger partial charge in [-0.2, -0.15) is 0 Å². The van der Waals surface area contributed by atoms with Crippen LogP contribution >= 0.6 is 0 Å². The van der Waals surface area contributed by atoms with Crippen molar-refractivity contribution in [3.63, 3.8) is 0 Å². The number of pyridine rings is 1. The molecule has 0 bridgehead atoms. The minimum Gasteiger partial charge on any atom is -0.368 e. The highest BCUT2D eigenvalue weighted by Gasteiger charge is 2.20. The summed E-state index contributed by atoms with van der Waals surface area (Å²) in [6.07, 6.45) is 5.32. The fourth-order valence-corrected chi connectivity index (χ4v) is 3.02. The maximum Gasteiger partial charge on any atom is 0.272 e. The molecular weight excluding hydrogens is 264 g/mol. The van der Waals surface area contributed by atoms with Gasteiger partial charge in [-0.3, -0.25) is 4.79 Å². The summed E-state index contributed by atoms with van der Waals surface area (Å²) < 4.78 is 0. The smallest absolute Gasteiger partial charge is 0.272 e. The Morgan fingerprint density at radius 2 is 1.71 bits per heavy atom. The van der Waals surface area contributed by atoms with Gasteiger partial charge >= 0.3 is 0 Å². The molecule has 21 heavy (non-hydrogen) atoms. The molecule has 0 radical (unpaired) electrons. The van der Waals surface area contributed by atoms with Crippen LogP contribution in [-0.4, -0.2) is 67.0 Å². The predicted molar refractivity (Wildman–Crippen MR) is 83.7 cm³/mol. The van der Waals surface area contributed by atoms with Gasteiger partial charge in [0.15, 0.2) is 0 Å². The van der Waals surface area contributed by atoms with E-state index in [9.17, 15) is 4.79 Å². The van der Waals surface area contributed by atoms with Gasteiger partial charge in [-0.25, -0.2) is 4.98 Å². The van der Waals surface area contributed by atoms with Crippen molar-refractivity contribution in [3.8, 4) is 0 Å². The number of rotatable bonds is 2. The molecule has 1 aromatic heterocycles. The second kappa shape index (κ2) is 6.43. The highest BCUT2D eigenvalue weighted by atomic mass is 16.2. The zero-order valence-corrected chi connectivity index (χ0v) is 12.8. The summed E-state index contributed by atoms with van der Waals surface area (Å²) in [5.41, 5.74) is 1.70. The van der Waals surface area contributed by atoms with Gasteiger partial charge in [0.25, 0.3) is 5.91 Å². The fraction of sp³-hybridized carbons (Fsp3) is 0.625. The van der Waals surface area contributed by atoms with Crippen LogP contribution in [0.3, 0.4) is 0 Å². The number of carbonyl (C=O) groups excluding carboxylic acids is 1. The van der Waals surface area contributed by atoms with Gasteiger partial charge < -0.3 is 14.7 Å². The van der Waals surface area contributed by atoms with Crippen molar-refractivity contribution < 1.29 is 4.79 Å². The van der Waals surface area contributed by atoms with Crippen molar-refractivity contribution in [2.75, 3.05) is 51.2 Å². The summed E-state index contributed by atoms with van der Waals surface area (Å²) >= 11 is 0. The molecule has 3 heterocycles. The maximum atomic E-state index is 12.4. The third-order valence-electron chi connectivity index (χ3n) is 4.48. The zero-order valence-electron chi connectivity index (χ0n) is 12.8. The largest absolute Gasteiger partial charge is 0.368 e. The fourth-order valence-electron chi connectivity index (χ4n) is 3.02. The average molecular weight is 288 g/mol. The summed E-state index contributed by atoms with van der Waals surface area (Å²) in [5, 5.41) is 0. The van der Waals surface area contributed by atoms with Crippen LogP contribution in [-0.2, 0) is 0 Å². The van der Waals surface area contributed by atoms with Gasteiger partial charge in [-0.05, 0) is 38.4 Å². The Morgan fingerprint density at radius 3 is 2.33 bits per heavy atom. The topological polar surface area (TPSA) is 39.7 Å². The maximum absolute atomic E-state index is 12.4. The van der Waals surface area contributed by atoms with Gasteiger partial charge in [0.1, 0.15) is 5.69 Å². The van der Waals surface area contributed by atoms with E-state index in [1.54, 1.807) is 0 Å². The van der Waals surface area contributed by atoms with Gasteiger partial charge in [0, 0.05) is 39.3 Å². The lowest BCUT2D eigenvalue weighted by atomic mass is 10.1. The molecule has 0 N–H and O–H groups in total. The van der Waals surface area contributed by atoms with E-state index in [4.69, 9.17) is 0 Å². The first kappa shape index (κ1) is 14.3. The quantitative estimate of drug-likeness (QED) is 0.826. The lowest BCUT2D eigenvalue weighted by Crippen LogP contribution is -2.44. The number of amides is 1. The molecule has 0 aliphatic carbocycles. The van der Waals surface area contributed by atoms with E-state index < -0.39 is 0 Å². The van der Waals surface area contributed by atoms with Gasteiger partial charge in [0.05, 0.1) is 11.9 Å². The van der Waals surface area contributed by atoms with E-state index in [0.717, 1.165) is 57.8 Å². The molecule has 0 saturated carbocycles. The SMILES string of the molecule is CN1CCN(c2ccc(C(=O)N3CCCCC3)nc2)CC1. The third-order valence-corrected chi connectivity index (χ3v) is 4.48. The number of carbonyl (C=O) groups is 1. The molecule has 0 aromatic carbocycles. The minimum absolute atomic E-state index is 0.0830. The molecule has 2 aliphatic rings. The number of likely N-dealkylation sites (tertiary alicyclic amines) is 1. The molecule has 0 atom stereocenters. The van der Waals surface area contributed by atoms with E-state index in [0.29, 0.717) is 5.69 Å². The minimum atomic E-state index is 0.0830. The predicted octanol–water partition coefficient (Wildman–Crippen LogP) is 1.46. The van der Waals surface area contributed by atoms with E-state index in [1.807, 2.05) is 23.2 Å². The molecular formula is C16H24N4O. The second-order valence-electron chi connectivity index (χ2n) is 6.04. The monoisotopic (exact) mass is 288 g/mol. The van der Waals surface area contributed by atoms with E-state index in [1.165, 1.54) is 6.42 Å². The number of anilines is 1. The molecule has 2 aliphatic heterocycles. The van der Waals surface area contributed by atoms with Crippen molar-refractivity contribution in [1.82, 2.24) is 14.8 Å². The number of likely N-dealkylation sites (N-methyl/N-ethyl adjacent to an activating group) is 1. The Morgan fingerprint density at radius 1 is 1.00 bits per heavy atom. The zero-order chi connectivity index (χ0) is 14.7. The second-order valence-corrected chi connectivity index (χ2v) is 6.04. The van der Waals surface area contributed by atoms with Crippen LogP contribution in [0.15, 0.2) is 18.3 Å². The van der Waals surface area contributed by atoms with Crippen molar-refractivity contribution in [1.29, 1.82) is 0 Å². The Kier molecular flexibility index (Phi) is 4.39. The lowest BCUT2D eigenvalue weighted by molar-refractivity contribution is 0.0718. The number of piperazine rings is 1. The third kappa shape index (κ3) is 3.35. The Bertz CT molecular complexity index is 474. The summed E-state index contributed by atoms with van der Waals surface area (Å²) in [6, 6.07) is 3.92. The van der Waals surface area contributed by atoms with Crippen LogP contribution in [0.5, 0.6) is 0 Å². The molecule has 3 rings (SSSR count). The normalized spacial score (nSPS) is 20.6. The Hall–Kier alpha value is -1.62. The number of hydrogen-bond acceptors (Lipinski definition) is 4. The van der Waals surface area contributed by atoms with Gasteiger partial charge in [-0.1, -0.05) is 0 Å². The van der Waals surface area contributed by atoms with E-state index in [2.05, 4.69) is 21.8 Å². The first-order valence-corrected chi connectivity index (χ1v) is 7.93. The Balaban J connectivity index is 1.64. The molecule has 0 spiro atoms. The van der Waals surface area contributed by atoms with Crippen LogP contribution < -0.4 is 4.90 Å². The van der Waals surface area contributed by atoms with Crippen molar-refractivity contribution >= 4 is 11.6 Å². The standard InChI is InChI=1S/C16H24N4O/c1-18-9-11-19(12-10-18)14-5-6-15(17-13-14)16(21)20-7-3-2-4-8-20/h5-6,13H,2-4,7-12H2,1H3. The molecule has 1 amide bonds. The summed E-state index contributed by atoms with van der Waals surface area (Å²) in [7, 11) is 2.15. The van der Waals surface area contributed by atoms with Crippen molar-refractivity contribution in [3.05, 3.63) is 24.0 Å². The van der Waals surface area contributed by atoms with Crippen molar-refractivity contribution in [2.45, 2.75) is 19.3 Å². The molecule has 2 fully saturated rings. The first-order chi connectivity index (χ1) is 10.2. The summed E-state index contributed by atoms with van der Waals surface area (Å²) in [5.74, 6) is 0.0830. The van der Waals surface area contributed by atoms with Crippen LogP contribution in [0.4, 0.5) is 5.69 Å². The van der Waals surface area contributed by atoms with Gasteiger partial charge in [0.2, 0.25) is 0 Å². The molecule has 0 unspecified atom stereocenters. The molecule has 5 nitrogen and oxygen atoms in total. The number of hydrogen-bond donors (Lipinski definition) is 0. The van der Waals surface area contributed by atoms with Gasteiger partial charge in [-0.15, -0.1) is 0 Å². The molecule has 114 valence electrons. The van der Waals surface area contributed by atoms with Crippen LogP contribution in [0.25, 0.3) is 0 Å². The average Bonchev–Trinajstić information content (AvgIpc) is 2.56. The highest BCUT2D eigenvalue weighted by Crippen LogP contribution is 2.17. The molecule has 1 aromatic rings. The first-order valence-electron chi connectivity index (χ1n) is 7.93. The van der Waals surface area contributed by atoms with E-state index in [-0.39, 0.29) is 5.91 Å². The van der Waals surface area contributed by atoms with E-state index >= 15 is 0 Å². The summed E-state index contributed by atoms with van der Waals surface area (Å²) in [4.78, 5) is 23.4. The molecule has 5 heteroatoms.